The summed E-state index contributed by atoms with van der Waals surface area (Å²) in [5.74, 6) is -0.277. The molecular formula is C23H21N5O2. The number of pyridine rings is 1. The zero-order valence-electron chi connectivity index (χ0n) is 16.5. The molecule has 30 heavy (non-hydrogen) atoms. The van der Waals surface area contributed by atoms with E-state index in [9.17, 15) is 9.59 Å². The highest BCUT2D eigenvalue weighted by atomic mass is 16.2. The first-order valence-electron chi connectivity index (χ1n) is 9.63. The first-order chi connectivity index (χ1) is 14.6. The molecule has 0 aliphatic rings. The number of carbonyl (C=O) groups is 2. The zero-order chi connectivity index (χ0) is 20.9. The Bertz CT molecular complexity index is 1200. The predicted molar refractivity (Wildman–Crippen MR) is 116 cm³/mol. The van der Waals surface area contributed by atoms with Gasteiger partial charge in [-0.3, -0.25) is 14.2 Å². The van der Waals surface area contributed by atoms with Gasteiger partial charge in [-0.2, -0.15) is 0 Å². The second kappa shape index (κ2) is 8.57. The van der Waals surface area contributed by atoms with Crippen LogP contribution in [0.3, 0.4) is 0 Å². The van der Waals surface area contributed by atoms with Gasteiger partial charge in [0.2, 0.25) is 5.91 Å². The molecule has 0 atom stereocenters. The molecule has 0 aliphatic carbocycles. The molecule has 4 rings (SSSR count). The summed E-state index contributed by atoms with van der Waals surface area (Å²) in [4.78, 5) is 33.0. The summed E-state index contributed by atoms with van der Waals surface area (Å²) in [6, 6.07) is 19.0. The summed E-state index contributed by atoms with van der Waals surface area (Å²) >= 11 is 0. The lowest BCUT2D eigenvalue weighted by molar-refractivity contribution is -0.120. The predicted octanol–water partition coefficient (Wildman–Crippen LogP) is 3.35. The lowest BCUT2D eigenvalue weighted by Gasteiger charge is -2.08. The van der Waals surface area contributed by atoms with E-state index < -0.39 is 0 Å². The summed E-state index contributed by atoms with van der Waals surface area (Å²) in [5.41, 5.74) is 4.37. The molecule has 0 bridgehead atoms. The SMILES string of the molecule is CNC(=O)CCc1cccc(NC(=O)c2cnc3c(c2)ncn3-c2ccccc2)c1. The smallest absolute Gasteiger partial charge is 0.257 e. The van der Waals surface area contributed by atoms with Crippen molar-refractivity contribution in [3.8, 4) is 5.69 Å². The van der Waals surface area contributed by atoms with Gasteiger partial charge in [0.15, 0.2) is 5.65 Å². The molecule has 4 aromatic rings. The first-order valence-corrected chi connectivity index (χ1v) is 9.63. The minimum atomic E-state index is -0.262. The Kier molecular flexibility index (Phi) is 5.52. The molecule has 7 heteroatoms. The van der Waals surface area contributed by atoms with Crippen LogP contribution in [0.15, 0.2) is 73.2 Å². The molecule has 2 amide bonds. The van der Waals surface area contributed by atoms with Crippen LogP contribution in [0.2, 0.25) is 0 Å². The molecule has 7 nitrogen and oxygen atoms in total. The molecule has 0 radical (unpaired) electrons. The highest BCUT2D eigenvalue weighted by Crippen LogP contribution is 2.18. The maximum absolute atomic E-state index is 12.7. The molecular weight excluding hydrogens is 378 g/mol. The van der Waals surface area contributed by atoms with Crippen LogP contribution in [0, 0.1) is 0 Å². The standard InChI is InChI=1S/C23H21N5O2/c1-24-21(29)11-10-16-6-5-7-18(12-16)27-23(30)17-13-20-22(25-14-17)28(15-26-20)19-8-3-2-4-9-19/h2-9,12-15H,10-11H2,1H3,(H,24,29)(H,27,30). The van der Waals surface area contributed by atoms with Gasteiger partial charge in [-0.15, -0.1) is 0 Å². The largest absolute Gasteiger partial charge is 0.359 e. The Morgan fingerprint density at radius 3 is 2.63 bits per heavy atom. The number of aromatic nitrogens is 3. The minimum absolute atomic E-state index is 0.0150. The third-order valence-corrected chi connectivity index (χ3v) is 4.79. The van der Waals surface area contributed by atoms with Gasteiger partial charge in [-0.25, -0.2) is 9.97 Å². The van der Waals surface area contributed by atoms with Crippen molar-refractivity contribution < 1.29 is 9.59 Å². The second-order valence-electron chi connectivity index (χ2n) is 6.84. The Labute approximate surface area is 173 Å². The summed E-state index contributed by atoms with van der Waals surface area (Å²) in [6.07, 6.45) is 4.26. The van der Waals surface area contributed by atoms with E-state index in [1.54, 1.807) is 25.6 Å². The number of rotatable bonds is 6. The number of hydrogen-bond donors (Lipinski definition) is 2. The number of aryl methyl sites for hydroxylation is 1. The van der Waals surface area contributed by atoms with Crippen molar-refractivity contribution in [3.05, 3.63) is 84.3 Å². The molecule has 0 saturated heterocycles. The van der Waals surface area contributed by atoms with Crippen molar-refractivity contribution in [3.63, 3.8) is 0 Å². The van der Waals surface area contributed by atoms with Gasteiger partial charge < -0.3 is 10.6 Å². The summed E-state index contributed by atoms with van der Waals surface area (Å²) in [5, 5.41) is 5.50. The summed E-state index contributed by atoms with van der Waals surface area (Å²) in [6.45, 7) is 0. The van der Waals surface area contributed by atoms with Gasteiger partial charge in [-0.1, -0.05) is 30.3 Å². The van der Waals surface area contributed by atoms with Crippen LogP contribution in [-0.2, 0) is 11.2 Å². The third-order valence-electron chi connectivity index (χ3n) is 4.79. The maximum atomic E-state index is 12.7. The Morgan fingerprint density at radius 1 is 1.00 bits per heavy atom. The van der Waals surface area contributed by atoms with E-state index in [2.05, 4.69) is 20.6 Å². The number of imidazole rings is 1. The molecule has 2 heterocycles. The van der Waals surface area contributed by atoms with Crippen molar-refractivity contribution in [2.24, 2.45) is 0 Å². The van der Waals surface area contributed by atoms with Crippen LogP contribution < -0.4 is 10.6 Å². The van der Waals surface area contributed by atoms with Crippen LogP contribution in [0.25, 0.3) is 16.9 Å². The minimum Gasteiger partial charge on any atom is -0.359 e. The Morgan fingerprint density at radius 2 is 1.83 bits per heavy atom. The van der Waals surface area contributed by atoms with E-state index in [0.29, 0.717) is 35.3 Å². The van der Waals surface area contributed by atoms with Crippen LogP contribution in [-0.4, -0.2) is 33.4 Å². The normalized spacial score (nSPS) is 10.7. The van der Waals surface area contributed by atoms with Crippen LogP contribution in [0.4, 0.5) is 5.69 Å². The number of nitrogens with one attached hydrogen (secondary N) is 2. The number of carbonyl (C=O) groups excluding carboxylic acids is 2. The molecule has 2 N–H and O–H groups in total. The molecule has 2 aromatic carbocycles. The van der Waals surface area contributed by atoms with Gasteiger partial charge in [0.25, 0.3) is 5.91 Å². The number of amides is 2. The quantitative estimate of drug-likeness (QED) is 0.520. The summed E-state index contributed by atoms with van der Waals surface area (Å²) < 4.78 is 1.88. The monoisotopic (exact) mass is 399 g/mol. The number of anilines is 1. The summed E-state index contributed by atoms with van der Waals surface area (Å²) in [7, 11) is 1.62. The van der Waals surface area contributed by atoms with E-state index in [1.807, 2.05) is 59.2 Å². The Hall–Kier alpha value is -4.00. The van der Waals surface area contributed by atoms with Crippen LogP contribution in [0.1, 0.15) is 22.3 Å². The van der Waals surface area contributed by atoms with Gasteiger partial charge in [0.05, 0.1) is 5.56 Å². The van der Waals surface area contributed by atoms with E-state index in [1.165, 1.54) is 0 Å². The fourth-order valence-corrected chi connectivity index (χ4v) is 3.19. The third kappa shape index (κ3) is 4.20. The lowest BCUT2D eigenvalue weighted by atomic mass is 10.1. The second-order valence-corrected chi connectivity index (χ2v) is 6.84. The Balaban J connectivity index is 1.51. The maximum Gasteiger partial charge on any atom is 0.257 e. The first kappa shape index (κ1) is 19.3. The molecule has 150 valence electrons. The van der Waals surface area contributed by atoms with Gasteiger partial charge in [-0.05, 0) is 42.3 Å². The molecule has 0 saturated carbocycles. The fraction of sp³-hybridized carbons (Fsp3) is 0.130. The molecule has 2 aromatic heterocycles. The highest BCUT2D eigenvalue weighted by Gasteiger charge is 2.12. The number of fused-ring (bicyclic) bond motifs is 1. The highest BCUT2D eigenvalue weighted by molar-refractivity contribution is 6.05. The van der Waals surface area contributed by atoms with Gasteiger partial charge in [0.1, 0.15) is 11.8 Å². The fourth-order valence-electron chi connectivity index (χ4n) is 3.19. The van der Waals surface area contributed by atoms with E-state index in [0.717, 1.165) is 11.3 Å². The van der Waals surface area contributed by atoms with Crippen molar-refractivity contribution in [1.29, 1.82) is 0 Å². The number of hydrogen-bond acceptors (Lipinski definition) is 4. The average Bonchev–Trinajstić information content (AvgIpc) is 3.21. The zero-order valence-corrected chi connectivity index (χ0v) is 16.5. The number of benzene rings is 2. The van der Waals surface area contributed by atoms with E-state index in [4.69, 9.17) is 0 Å². The molecule has 0 unspecified atom stereocenters. The van der Waals surface area contributed by atoms with Crippen molar-refractivity contribution >= 4 is 28.7 Å². The molecule has 0 fully saturated rings. The molecule has 0 spiro atoms. The van der Waals surface area contributed by atoms with Crippen molar-refractivity contribution in [2.75, 3.05) is 12.4 Å². The lowest BCUT2D eigenvalue weighted by Crippen LogP contribution is -2.18. The average molecular weight is 399 g/mol. The van der Waals surface area contributed by atoms with E-state index >= 15 is 0 Å². The van der Waals surface area contributed by atoms with Crippen molar-refractivity contribution in [2.45, 2.75) is 12.8 Å². The topological polar surface area (TPSA) is 88.9 Å². The van der Waals surface area contributed by atoms with Crippen LogP contribution >= 0.6 is 0 Å². The van der Waals surface area contributed by atoms with Gasteiger partial charge in [0, 0.05) is 31.0 Å². The van der Waals surface area contributed by atoms with Crippen molar-refractivity contribution in [1.82, 2.24) is 19.9 Å². The number of nitrogens with zero attached hydrogens (tertiary/aromatic N) is 3. The molecule has 0 aliphatic heterocycles. The van der Waals surface area contributed by atoms with Crippen LogP contribution in [0.5, 0.6) is 0 Å². The van der Waals surface area contributed by atoms with E-state index in [-0.39, 0.29) is 11.8 Å². The van der Waals surface area contributed by atoms with Gasteiger partial charge >= 0.3 is 0 Å². The number of para-hydroxylation sites is 1.